The lowest BCUT2D eigenvalue weighted by molar-refractivity contribution is 1.19. The predicted molar refractivity (Wildman–Crippen MR) is 63.8 cm³/mol. The fourth-order valence-electron chi connectivity index (χ4n) is 1.13. The van der Waals surface area contributed by atoms with Crippen LogP contribution in [0.1, 0.15) is 0 Å². The van der Waals surface area contributed by atoms with Gasteiger partial charge in [-0.05, 0) is 18.2 Å². The minimum Gasteiger partial charge on any atom is -0.368 e. The molecule has 2 N–H and O–H groups in total. The number of pyridine rings is 1. The van der Waals surface area contributed by atoms with Crippen molar-refractivity contribution in [1.82, 2.24) is 24.9 Å². The van der Waals surface area contributed by atoms with Crippen LogP contribution in [0.4, 0.5) is 5.95 Å². The van der Waals surface area contributed by atoms with E-state index < -0.39 is 0 Å². The first-order chi connectivity index (χ1) is 8.36. The van der Waals surface area contributed by atoms with Crippen molar-refractivity contribution in [2.24, 2.45) is 0 Å². The van der Waals surface area contributed by atoms with Crippen LogP contribution in [0.25, 0.3) is 11.0 Å². The maximum absolute atomic E-state index is 5.14. The van der Waals surface area contributed by atoms with Crippen LogP contribution in [-0.4, -0.2) is 24.9 Å². The molecular weight excluding hydrogens is 216 g/mol. The van der Waals surface area contributed by atoms with E-state index in [0.29, 0.717) is 5.95 Å². The van der Waals surface area contributed by atoms with Gasteiger partial charge in [0.15, 0.2) is 0 Å². The van der Waals surface area contributed by atoms with Crippen LogP contribution >= 0.6 is 0 Å². The normalized spacial score (nSPS) is 9.41. The van der Waals surface area contributed by atoms with Crippen molar-refractivity contribution >= 4 is 17.0 Å². The number of nitrogens with zero attached hydrogens (tertiary/aromatic N) is 5. The molecular formula is C11H10N6. The highest BCUT2D eigenvalue weighted by Gasteiger charge is 1.89. The Morgan fingerprint density at radius 1 is 0.824 bits per heavy atom. The van der Waals surface area contributed by atoms with Gasteiger partial charge in [-0.2, -0.15) is 0 Å². The lowest BCUT2D eigenvalue weighted by Gasteiger charge is -1.89. The molecule has 0 saturated heterocycles. The molecule has 0 radical (unpaired) electrons. The molecule has 0 spiro atoms. The first-order valence-corrected chi connectivity index (χ1v) is 4.89. The number of hydrogen-bond donors (Lipinski definition) is 1. The largest absolute Gasteiger partial charge is 0.368 e. The Kier molecular flexibility index (Phi) is 3.49. The second-order valence-electron chi connectivity index (χ2n) is 3.04. The summed E-state index contributed by atoms with van der Waals surface area (Å²) in [4.78, 5) is 19.2. The molecule has 6 heteroatoms. The maximum Gasteiger partial charge on any atom is 0.219 e. The molecule has 84 valence electrons. The van der Waals surface area contributed by atoms with Crippen molar-refractivity contribution < 1.29 is 0 Å². The third-order valence-corrected chi connectivity index (χ3v) is 1.86. The van der Waals surface area contributed by atoms with Gasteiger partial charge in [0.1, 0.15) is 11.8 Å². The van der Waals surface area contributed by atoms with Crippen LogP contribution in [-0.2, 0) is 0 Å². The van der Waals surface area contributed by atoms with Gasteiger partial charge in [0.05, 0.1) is 11.7 Å². The summed E-state index contributed by atoms with van der Waals surface area (Å²) in [5.74, 6) is 0.322. The van der Waals surface area contributed by atoms with Gasteiger partial charge in [-0.3, -0.25) is 4.98 Å². The number of fused-ring (bicyclic) bond motifs is 1. The number of rotatable bonds is 0. The second-order valence-corrected chi connectivity index (χ2v) is 3.04. The monoisotopic (exact) mass is 226 g/mol. The standard InChI is InChI=1S/C7H5N3.C4H5N3/c1-2-6-7(9-3-1)4-8-5-10-6;5-4-6-2-1-3-7-4/h1-5H;1-3H,(H2,5,6,7). The Labute approximate surface area is 97.6 Å². The summed E-state index contributed by atoms with van der Waals surface area (Å²) < 4.78 is 0. The molecule has 3 rings (SSSR count). The van der Waals surface area contributed by atoms with E-state index in [2.05, 4.69) is 24.9 Å². The van der Waals surface area contributed by atoms with Crippen molar-refractivity contribution in [3.63, 3.8) is 0 Å². The highest BCUT2D eigenvalue weighted by atomic mass is 15.0. The third-order valence-electron chi connectivity index (χ3n) is 1.86. The number of anilines is 1. The zero-order valence-electron chi connectivity index (χ0n) is 8.93. The highest BCUT2D eigenvalue weighted by molar-refractivity contribution is 5.71. The van der Waals surface area contributed by atoms with Gasteiger partial charge in [0.25, 0.3) is 0 Å². The number of nitrogen functional groups attached to an aromatic ring is 1. The molecule has 0 aliphatic heterocycles. The van der Waals surface area contributed by atoms with Gasteiger partial charge >= 0.3 is 0 Å². The van der Waals surface area contributed by atoms with E-state index >= 15 is 0 Å². The summed E-state index contributed by atoms with van der Waals surface area (Å²) in [5, 5.41) is 0. The summed E-state index contributed by atoms with van der Waals surface area (Å²) in [5.41, 5.74) is 6.86. The topological polar surface area (TPSA) is 90.5 Å². The average molecular weight is 226 g/mol. The molecule has 0 fully saturated rings. The zero-order chi connectivity index (χ0) is 11.9. The van der Waals surface area contributed by atoms with Crippen LogP contribution in [0.2, 0.25) is 0 Å². The smallest absolute Gasteiger partial charge is 0.219 e. The van der Waals surface area contributed by atoms with Crippen molar-refractivity contribution in [2.45, 2.75) is 0 Å². The second kappa shape index (κ2) is 5.45. The first kappa shape index (κ1) is 10.9. The molecule has 0 bridgehead atoms. The molecule has 17 heavy (non-hydrogen) atoms. The number of hydrogen-bond acceptors (Lipinski definition) is 6. The minimum atomic E-state index is 0.322. The van der Waals surface area contributed by atoms with E-state index in [-0.39, 0.29) is 0 Å². The van der Waals surface area contributed by atoms with Gasteiger partial charge in [0, 0.05) is 18.6 Å². The Morgan fingerprint density at radius 2 is 1.59 bits per heavy atom. The Balaban J connectivity index is 0.000000136. The maximum atomic E-state index is 5.14. The Morgan fingerprint density at radius 3 is 2.24 bits per heavy atom. The molecule has 6 nitrogen and oxygen atoms in total. The van der Waals surface area contributed by atoms with E-state index in [1.807, 2.05) is 12.1 Å². The SMILES string of the molecule is Nc1ncccn1.c1cnc2cncnc2c1. The number of aromatic nitrogens is 5. The first-order valence-electron chi connectivity index (χ1n) is 4.89. The lowest BCUT2D eigenvalue weighted by Crippen LogP contribution is -1.90. The summed E-state index contributed by atoms with van der Waals surface area (Å²) in [7, 11) is 0. The predicted octanol–water partition coefficient (Wildman–Crippen LogP) is 1.08. The van der Waals surface area contributed by atoms with Gasteiger partial charge < -0.3 is 5.73 Å². The fraction of sp³-hybridized carbons (Fsp3) is 0. The molecule has 0 aliphatic rings. The molecule has 0 unspecified atom stereocenters. The average Bonchev–Trinajstić information content (AvgIpc) is 2.41. The lowest BCUT2D eigenvalue weighted by atomic mass is 10.4. The van der Waals surface area contributed by atoms with Crippen molar-refractivity contribution in [2.75, 3.05) is 5.73 Å². The Bertz CT molecular complexity index is 518. The minimum absolute atomic E-state index is 0.322. The summed E-state index contributed by atoms with van der Waals surface area (Å²) >= 11 is 0. The fourth-order valence-corrected chi connectivity index (χ4v) is 1.13. The van der Waals surface area contributed by atoms with E-state index in [1.54, 1.807) is 30.9 Å². The van der Waals surface area contributed by atoms with Gasteiger partial charge in [-0.15, -0.1) is 0 Å². The molecule has 0 atom stereocenters. The van der Waals surface area contributed by atoms with E-state index in [1.165, 1.54) is 6.33 Å². The zero-order valence-corrected chi connectivity index (χ0v) is 8.93. The molecule has 0 amide bonds. The van der Waals surface area contributed by atoms with Crippen LogP contribution in [0.3, 0.4) is 0 Å². The number of nitrogens with two attached hydrogens (primary N) is 1. The van der Waals surface area contributed by atoms with Gasteiger partial charge in [-0.1, -0.05) is 0 Å². The summed E-state index contributed by atoms with van der Waals surface area (Å²) in [6.45, 7) is 0. The molecule has 0 aromatic carbocycles. The van der Waals surface area contributed by atoms with Crippen LogP contribution in [0, 0.1) is 0 Å². The summed E-state index contributed by atoms with van der Waals surface area (Å²) in [6, 6.07) is 5.48. The van der Waals surface area contributed by atoms with Crippen LogP contribution < -0.4 is 5.73 Å². The van der Waals surface area contributed by atoms with E-state index in [0.717, 1.165) is 11.0 Å². The molecule has 3 aromatic rings. The molecule has 3 heterocycles. The quantitative estimate of drug-likeness (QED) is 0.617. The third kappa shape index (κ3) is 3.16. The van der Waals surface area contributed by atoms with Crippen LogP contribution in [0.15, 0.2) is 49.3 Å². The van der Waals surface area contributed by atoms with Crippen molar-refractivity contribution in [3.8, 4) is 0 Å². The molecule has 0 saturated carbocycles. The van der Waals surface area contributed by atoms with Gasteiger partial charge in [-0.25, -0.2) is 19.9 Å². The highest BCUT2D eigenvalue weighted by Crippen LogP contribution is 2.02. The molecule has 0 aliphatic carbocycles. The van der Waals surface area contributed by atoms with E-state index in [4.69, 9.17) is 5.73 Å². The van der Waals surface area contributed by atoms with Crippen LogP contribution in [0.5, 0.6) is 0 Å². The summed E-state index contributed by atoms with van der Waals surface area (Å²) in [6.07, 6.45) is 8.14. The van der Waals surface area contributed by atoms with Gasteiger partial charge in [0.2, 0.25) is 5.95 Å². The van der Waals surface area contributed by atoms with Crippen molar-refractivity contribution in [1.29, 1.82) is 0 Å². The van der Waals surface area contributed by atoms with E-state index in [9.17, 15) is 0 Å². The van der Waals surface area contributed by atoms with Crippen molar-refractivity contribution in [3.05, 3.63) is 49.3 Å². The molecule has 3 aromatic heterocycles. The Hall–Kier alpha value is -2.63.